The van der Waals surface area contributed by atoms with Crippen LogP contribution in [-0.4, -0.2) is 55.8 Å². The summed E-state index contributed by atoms with van der Waals surface area (Å²) < 4.78 is 31.5. The smallest absolute Gasteiger partial charge is 0.295 e. The zero-order valence-corrected chi connectivity index (χ0v) is 24.1. The van der Waals surface area contributed by atoms with Crippen LogP contribution in [0.3, 0.4) is 0 Å². The van der Waals surface area contributed by atoms with Crippen LogP contribution in [0.2, 0.25) is 0 Å². The number of methoxy groups -OCH3 is 1. The molecule has 6 rings (SSSR count). The molecule has 12 nitrogen and oxygen atoms in total. The standard InChI is InChI=1S/C28H32N8O4S/c1-4-41(38,39)20-11-10-19(29-13-20)12-30-25-28(37)36(16(2)17-6-5-7-17)26-21(34-25)14-31-24(35-26)22-23(18-8-9-18)32-15-33-27(22)40-3/h10-11,13-18H,4-9,12H2,1-3H3,(H,30,34). The quantitative estimate of drug-likeness (QED) is 0.294. The number of nitrogens with one attached hydrogen (secondary N) is 1. The van der Waals surface area contributed by atoms with E-state index in [1.54, 1.807) is 30.9 Å². The monoisotopic (exact) mass is 576 g/mol. The first-order valence-corrected chi connectivity index (χ1v) is 15.6. The van der Waals surface area contributed by atoms with Crippen LogP contribution in [0, 0.1) is 5.92 Å². The third-order valence-electron chi connectivity index (χ3n) is 8.07. The molecule has 0 aromatic carbocycles. The minimum absolute atomic E-state index is 0.00175. The molecule has 2 saturated carbocycles. The number of hydrogen-bond donors (Lipinski definition) is 1. The highest BCUT2D eigenvalue weighted by Gasteiger charge is 2.32. The van der Waals surface area contributed by atoms with Gasteiger partial charge < -0.3 is 10.1 Å². The Balaban J connectivity index is 1.40. The summed E-state index contributed by atoms with van der Waals surface area (Å²) in [7, 11) is -1.79. The number of nitrogens with zero attached hydrogens (tertiary/aromatic N) is 7. The van der Waals surface area contributed by atoms with Gasteiger partial charge in [-0.05, 0) is 50.7 Å². The van der Waals surface area contributed by atoms with Crippen LogP contribution in [0.25, 0.3) is 22.6 Å². The van der Waals surface area contributed by atoms with Crippen LogP contribution >= 0.6 is 0 Å². The maximum Gasteiger partial charge on any atom is 0.295 e. The molecule has 4 heterocycles. The third-order valence-corrected chi connectivity index (χ3v) is 9.79. The maximum absolute atomic E-state index is 13.9. The lowest BCUT2D eigenvalue weighted by molar-refractivity contribution is 0.222. The molecule has 2 fully saturated rings. The summed E-state index contributed by atoms with van der Waals surface area (Å²) in [5.74, 6) is 1.63. The van der Waals surface area contributed by atoms with Gasteiger partial charge in [-0.1, -0.05) is 13.3 Å². The van der Waals surface area contributed by atoms with Crippen molar-refractivity contribution in [2.75, 3.05) is 18.2 Å². The summed E-state index contributed by atoms with van der Waals surface area (Å²) in [6, 6.07) is 3.06. The Kier molecular flexibility index (Phi) is 7.14. The molecule has 1 N–H and O–H groups in total. The molecule has 2 aliphatic carbocycles. The van der Waals surface area contributed by atoms with E-state index in [0.717, 1.165) is 37.8 Å². The van der Waals surface area contributed by atoms with Crippen LogP contribution < -0.4 is 15.6 Å². The molecular formula is C28H32N8O4S. The Bertz CT molecular complexity index is 1770. The lowest BCUT2D eigenvalue weighted by Crippen LogP contribution is -2.33. The van der Waals surface area contributed by atoms with Crippen LogP contribution in [0.5, 0.6) is 5.88 Å². The molecule has 214 valence electrons. The maximum atomic E-state index is 13.9. The Labute approximate surface area is 237 Å². The van der Waals surface area contributed by atoms with Gasteiger partial charge in [0.05, 0.1) is 41.9 Å². The summed E-state index contributed by atoms with van der Waals surface area (Å²) in [5, 5.41) is 3.11. The van der Waals surface area contributed by atoms with Crippen molar-refractivity contribution in [1.82, 2.24) is 34.5 Å². The fourth-order valence-electron chi connectivity index (χ4n) is 5.20. The zero-order valence-electron chi connectivity index (χ0n) is 23.2. The second-order valence-corrected chi connectivity index (χ2v) is 12.9. The summed E-state index contributed by atoms with van der Waals surface area (Å²) >= 11 is 0. The number of rotatable bonds is 10. The molecule has 0 radical (unpaired) electrons. The van der Waals surface area contributed by atoms with Crippen molar-refractivity contribution >= 4 is 26.8 Å². The molecule has 0 amide bonds. The second kappa shape index (κ2) is 10.8. The van der Waals surface area contributed by atoms with E-state index in [0.29, 0.717) is 46.0 Å². The highest BCUT2D eigenvalue weighted by atomic mass is 32.2. The lowest BCUT2D eigenvalue weighted by atomic mass is 9.80. The Morgan fingerprint density at radius 2 is 1.88 bits per heavy atom. The topological polar surface area (TPSA) is 155 Å². The summed E-state index contributed by atoms with van der Waals surface area (Å²) in [5.41, 5.74) is 2.72. The van der Waals surface area contributed by atoms with Gasteiger partial charge in [0.25, 0.3) is 5.56 Å². The molecule has 0 bridgehead atoms. The molecule has 4 aromatic heterocycles. The van der Waals surface area contributed by atoms with E-state index >= 15 is 0 Å². The molecule has 1 atom stereocenters. The van der Waals surface area contributed by atoms with Crippen LogP contribution in [0.15, 0.2) is 40.5 Å². The van der Waals surface area contributed by atoms with Gasteiger partial charge in [0, 0.05) is 18.2 Å². The van der Waals surface area contributed by atoms with Gasteiger partial charge >= 0.3 is 0 Å². The van der Waals surface area contributed by atoms with Crippen LogP contribution in [0.1, 0.15) is 69.3 Å². The minimum Gasteiger partial charge on any atom is -0.480 e. The van der Waals surface area contributed by atoms with Gasteiger partial charge in [-0.2, -0.15) is 0 Å². The fourth-order valence-corrected chi connectivity index (χ4v) is 6.02. The predicted octanol–water partition coefficient (Wildman–Crippen LogP) is 3.69. The fraction of sp³-hybridized carbons (Fsp3) is 0.464. The van der Waals surface area contributed by atoms with Gasteiger partial charge in [-0.15, -0.1) is 0 Å². The van der Waals surface area contributed by atoms with Crippen molar-refractivity contribution in [2.24, 2.45) is 5.92 Å². The molecule has 0 aliphatic heterocycles. The highest BCUT2D eigenvalue weighted by Crippen LogP contribution is 2.45. The molecule has 13 heteroatoms. The van der Waals surface area contributed by atoms with E-state index in [4.69, 9.17) is 9.72 Å². The lowest BCUT2D eigenvalue weighted by Gasteiger charge is -2.33. The largest absolute Gasteiger partial charge is 0.480 e. The first kappa shape index (κ1) is 27.2. The Hall–Kier alpha value is -4.00. The number of fused-ring (bicyclic) bond motifs is 1. The summed E-state index contributed by atoms with van der Waals surface area (Å²) in [6.07, 6.45) is 9.75. The number of pyridine rings is 1. The predicted molar refractivity (Wildman–Crippen MR) is 152 cm³/mol. The minimum atomic E-state index is -3.34. The first-order valence-electron chi connectivity index (χ1n) is 13.9. The van der Waals surface area contributed by atoms with Crippen molar-refractivity contribution in [3.63, 3.8) is 0 Å². The summed E-state index contributed by atoms with van der Waals surface area (Å²) in [6.45, 7) is 3.83. The molecule has 2 aliphatic rings. The van der Waals surface area contributed by atoms with E-state index in [1.165, 1.54) is 18.6 Å². The average molecular weight is 577 g/mol. The SMILES string of the molecule is CCS(=O)(=O)c1ccc(CNc2nc3cnc(-c4c(OC)ncnc4C4CC4)nc3n(C(C)C3CCC3)c2=O)nc1. The summed E-state index contributed by atoms with van der Waals surface area (Å²) in [4.78, 5) is 41.2. The van der Waals surface area contributed by atoms with Crippen molar-refractivity contribution in [2.45, 2.75) is 69.4 Å². The van der Waals surface area contributed by atoms with Gasteiger partial charge in [0.1, 0.15) is 17.4 Å². The normalized spacial score (nSPS) is 16.4. The van der Waals surface area contributed by atoms with Gasteiger partial charge in [-0.3, -0.25) is 14.3 Å². The third kappa shape index (κ3) is 5.14. The first-order chi connectivity index (χ1) is 19.8. The molecule has 41 heavy (non-hydrogen) atoms. The molecular weight excluding hydrogens is 544 g/mol. The molecule has 1 unspecified atom stereocenters. The number of anilines is 1. The van der Waals surface area contributed by atoms with Gasteiger partial charge in [0.2, 0.25) is 5.88 Å². The van der Waals surface area contributed by atoms with E-state index in [-0.39, 0.29) is 34.6 Å². The molecule has 0 spiro atoms. The van der Waals surface area contributed by atoms with Crippen LogP contribution in [-0.2, 0) is 16.4 Å². The Morgan fingerprint density at radius 1 is 1.07 bits per heavy atom. The van der Waals surface area contributed by atoms with E-state index in [2.05, 4.69) is 30.2 Å². The van der Waals surface area contributed by atoms with E-state index < -0.39 is 9.84 Å². The number of sulfone groups is 1. The second-order valence-electron chi connectivity index (χ2n) is 10.6. The highest BCUT2D eigenvalue weighted by molar-refractivity contribution is 7.91. The van der Waals surface area contributed by atoms with Crippen molar-refractivity contribution in [1.29, 1.82) is 0 Å². The van der Waals surface area contributed by atoms with Gasteiger partial charge in [0.15, 0.2) is 27.1 Å². The molecule has 0 saturated heterocycles. The number of ether oxygens (including phenoxy) is 1. The van der Waals surface area contributed by atoms with Crippen molar-refractivity contribution in [3.05, 3.63) is 52.6 Å². The molecule has 4 aromatic rings. The van der Waals surface area contributed by atoms with Crippen molar-refractivity contribution in [3.8, 4) is 17.3 Å². The Morgan fingerprint density at radius 3 is 2.51 bits per heavy atom. The van der Waals surface area contributed by atoms with E-state index in [9.17, 15) is 13.2 Å². The average Bonchev–Trinajstić information content (AvgIpc) is 3.80. The number of aromatic nitrogens is 7. The van der Waals surface area contributed by atoms with Crippen LogP contribution in [0.4, 0.5) is 5.82 Å². The van der Waals surface area contributed by atoms with E-state index in [1.807, 2.05) is 6.92 Å². The van der Waals surface area contributed by atoms with Gasteiger partial charge in [-0.25, -0.2) is 33.3 Å². The number of hydrogen-bond acceptors (Lipinski definition) is 11. The van der Waals surface area contributed by atoms with Crippen molar-refractivity contribution < 1.29 is 13.2 Å². The zero-order chi connectivity index (χ0) is 28.7.